The average Bonchev–Trinajstić information content (AvgIpc) is 2.22. The number of hydrogen-bond acceptors (Lipinski definition) is 3. The third-order valence-corrected chi connectivity index (χ3v) is 1.41. The number of pyridine rings is 1. The fourth-order valence-corrected chi connectivity index (χ4v) is 0.777. The number of rotatable bonds is 0. The molecule has 0 bridgehead atoms. The molecule has 0 saturated heterocycles. The van der Waals surface area contributed by atoms with Gasteiger partial charge in [-0.25, -0.2) is 9.97 Å². The molecule has 2 aromatic rings. The summed E-state index contributed by atoms with van der Waals surface area (Å²) < 4.78 is 0.780. The molecule has 0 aliphatic carbocycles. The molecule has 4 heteroatoms. The highest BCUT2D eigenvalue weighted by atomic mass is 32.1. The lowest BCUT2D eigenvalue weighted by Gasteiger charge is -1.76. The quantitative estimate of drug-likeness (QED) is 0.649. The Hall–Kier alpha value is -1.55. The van der Waals surface area contributed by atoms with Crippen LogP contribution in [-0.2, 0) is 0 Å². The first-order valence-corrected chi connectivity index (χ1v) is 4.14. The molecule has 0 saturated carbocycles. The Morgan fingerprint density at radius 1 is 1.08 bits per heavy atom. The number of nitrogens with one attached hydrogen (secondary N) is 1. The van der Waals surface area contributed by atoms with E-state index in [1.54, 1.807) is 18.5 Å². The van der Waals surface area contributed by atoms with Crippen LogP contribution < -0.4 is 0 Å². The molecule has 2 rings (SSSR count). The maximum absolute atomic E-state index is 4.76. The zero-order valence-electron chi connectivity index (χ0n) is 6.92. The predicted molar refractivity (Wildman–Crippen MR) is 53.7 cm³/mol. The molecule has 3 nitrogen and oxygen atoms in total. The summed E-state index contributed by atoms with van der Waals surface area (Å²) in [5.74, 6) is 0. The smallest absolute Gasteiger partial charge is 0.115 e. The molecule has 0 aliphatic rings. The van der Waals surface area contributed by atoms with Gasteiger partial charge in [-0.05, 0) is 18.2 Å². The zero-order chi connectivity index (χ0) is 9.36. The van der Waals surface area contributed by atoms with E-state index in [-0.39, 0.29) is 0 Å². The molecule has 13 heavy (non-hydrogen) atoms. The molecule has 0 spiro atoms. The fraction of sp³-hybridized carbons (Fsp3) is 0. The molecule has 2 heterocycles. The lowest BCUT2D eigenvalue weighted by Crippen LogP contribution is -1.66. The van der Waals surface area contributed by atoms with E-state index in [4.69, 9.17) is 12.2 Å². The first-order chi connectivity index (χ1) is 6.39. The lowest BCUT2D eigenvalue weighted by molar-refractivity contribution is 1.17. The highest BCUT2D eigenvalue weighted by molar-refractivity contribution is 7.71. The van der Waals surface area contributed by atoms with Crippen molar-refractivity contribution in [3.05, 3.63) is 53.8 Å². The van der Waals surface area contributed by atoms with Gasteiger partial charge in [0.2, 0.25) is 0 Å². The Kier molecular flexibility index (Phi) is 4.42. The molecule has 0 amide bonds. The maximum atomic E-state index is 4.76. The zero-order valence-corrected chi connectivity index (χ0v) is 7.74. The Labute approximate surface area is 81.5 Å². The largest absolute Gasteiger partial charge is 0.353 e. The van der Waals surface area contributed by atoms with E-state index in [0.717, 1.165) is 4.64 Å². The Bertz CT molecular complexity index is 328. The summed E-state index contributed by atoms with van der Waals surface area (Å²) in [6, 6.07) is 7.42. The van der Waals surface area contributed by atoms with Crippen molar-refractivity contribution in [1.82, 2.24) is 15.0 Å². The topological polar surface area (TPSA) is 41.6 Å². The van der Waals surface area contributed by atoms with Crippen LogP contribution in [-0.4, -0.2) is 15.0 Å². The van der Waals surface area contributed by atoms with E-state index >= 15 is 0 Å². The Balaban J connectivity index is 0.000000132. The molecule has 66 valence electrons. The second-order valence-corrected chi connectivity index (χ2v) is 2.57. The second kappa shape index (κ2) is 6.02. The van der Waals surface area contributed by atoms with Crippen LogP contribution in [0.5, 0.6) is 0 Å². The van der Waals surface area contributed by atoms with Crippen LogP contribution >= 0.6 is 12.2 Å². The second-order valence-electron chi connectivity index (χ2n) is 2.13. The van der Waals surface area contributed by atoms with E-state index in [0.29, 0.717) is 0 Å². The van der Waals surface area contributed by atoms with Crippen molar-refractivity contribution >= 4 is 12.2 Å². The van der Waals surface area contributed by atoms with Crippen molar-refractivity contribution in [2.45, 2.75) is 0 Å². The number of aromatic nitrogens is 3. The molecular weight excluding hydrogens is 182 g/mol. The van der Waals surface area contributed by atoms with Crippen molar-refractivity contribution in [2.24, 2.45) is 0 Å². The minimum absolute atomic E-state index is 0.780. The van der Waals surface area contributed by atoms with Crippen LogP contribution in [0.1, 0.15) is 0 Å². The van der Waals surface area contributed by atoms with Gasteiger partial charge in [0.05, 0.1) is 0 Å². The summed E-state index contributed by atoms with van der Waals surface area (Å²) in [4.78, 5) is 10.2. The number of hydrogen-bond donors (Lipinski definition) is 1. The van der Waals surface area contributed by atoms with Crippen molar-refractivity contribution < 1.29 is 0 Å². The van der Waals surface area contributed by atoms with Crippen molar-refractivity contribution in [1.29, 1.82) is 0 Å². The lowest BCUT2D eigenvalue weighted by atomic mass is 10.5. The normalized spacial score (nSPS) is 8.31. The first-order valence-electron chi connectivity index (χ1n) is 3.73. The van der Waals surface area contributed by atoms with Gasteiger partial charge in [-0.2, -0.15) is 0 Å². The SMILES string of the molecule is S=c1cccc[nH]1.c1cncnc1. The average molecular weight is 191 g/mol. The molecule has 0 fully saturated rings. The molecule has 0 atom stereocenters. The van der Waals surface area contributed by atoms with Gasteiger partial charge in [0.25, 0.3) is 0 Å². The van der Waals surface area contributed by atoms with Crippen LogP contribution in [0.15, 0.2) is 49.2 Å². The number of nitrogens with zero attached hydrogens (tertiary/aromatic N) is 2. The molecule has 1 N–H and O–H groups in total. The van der Waals surface area contributed by atoms with Gasteiger partial charge >= 0.3 is 0 Å². The van der Waals surface area contributed by atoms with Gasteiger partial charge in [0, 0.05) is 18.6 Å². The third kappa shape index (κ3) is 4.81. The van der Waals surface area contributed by atoms with Crippen LogP contribution in [0.25, 0.3) is 0 Å². The van der Waals surface area contributed by atoms with Gasteiger partial charge in [0.1, 0.15) is 11.0 Å². The highest BCUT2D eigenvalue weighted by Gasteiger charge is 1.65. The van der Waals surface area contributed by atoms with Crippen LogP contribution in [0.4, 0.5) is 0 Å². The maximum Gasteiger partial charge on any atom is 0.115 e. The molecule has 0 radical (unpaired) electrons. The molecule has 2 aromatic heterocycles. The van der Waals surface area contributed by atoms with E-state index in [1.807, 2.05) is 24.4 Å². The summed E-state index contributed by atoms with van der Waals surface area (Å²) in [7, 11) is 0. The minimum Gasteiger partial charge on any atom is -0.353 e. The summed E-state index contributed by atoms with van der Waals surface area (Å²) >= 11 is 4.76. The summed E-state index contributed by atoms with van der Waals surface area (Å²) in [5.41, 5.74) is 0. The van der Waals surface area contributed by atoms with Crippen LogP contribution in [0, 0.1) is 4.64 Å². The third-order valence-electron chi connectivity index (χ3n) is 1.16. The Morgan fingerprint density at radius 3 is 2.08 bits per heavy atom. The predicted octanol–water partition coefficient (Wildman–Crippen LogP) is 2.22. The molecule has 0 unspecified atom stereocenters. The Morgan fingerprint density at radius 2 is 1.85 bits per heavy atom. The monoisotopic (exact) mass is 191 g/mol. The molecule has 0 aliphatic heterocycles. The van der Waals surface area contributed by atoms with Crippen LogP contribution in [0.3, 0.4) is 0 Å². The number of aromatic amines is 1. The summed E-state index contributed by atoms with van der Waals surface area (Å²) in [5, 5.41) is 0. The van der Waals surface area contributed by atoms with E-state index < -0.39 is 0 Å². The first kappa shape index (κ1) is 9.54. The fourth-order valence-electron chi connectivity index (χ4n) is 0.630. The molecule has 0 aromatic carbocycles. The summed E-state index contributed by atoms with van der Waals surface area (Å²) in [6.07, 6.45) is 6.68. The summed E-state index contributed by atoms with van der Waals surface area (Å²) in [6.45, 7) is 0. The minimum atomic E-state index is 0.780. The van der Waals surface area contributed by atoms with Gasteiger partial charge in [-0.3, -0.25) is 0 Å². The standard InChI is InChI=1S/C5H5NS.C4H4N2/c7-5-3-1-2-4-6-5;1-2-5-4-6-3-1/h1-4H,(H,6,7);1-4H. The van der Waals surface area contributed by atoms with Crippen molar-refractivity contribution in [3.63, 3.8) is 0 Å². The van der Waals surface area contributed by atoms with Crippen LogP contribution in [0.2, 0.25) is 0 Å². The highest BCUT2D eigenvalue weighted by Crippen LogP contribution is 1.80. The molecular formula is C9H9N3S. The van der Waals surface area contributed by atoms with Gasteiger partial charge in [-0.15, -0.1) is 0 Å². The van der Waals surface area contributed by atoms with Gasteiger partial charge in [-0.1, -0.05) is 18.3 Å². The number of H-pyrrole nitrogens is 1. The van der Waals surface area contributed by atoms with Crippen molar-refractivity contribution in [3.8, 4) is 0 Å². The van der Waals surface area contributed by atoms with Gasteiger partial charge in [0.15, 0.2) is 0 Å². The van der Waals surface area contributed by atoms with Crippen molar-refractivity contribution in [2.75, 3.05) is 0 Å². The van der Waals surface area contributed by atoms with E-state index in [2.05, 4.69) is 15.0 Å². The van der Waals surface area contributed by atoms with Gasteiger partial charge < -0.3 is 4.98 Å². The van der Waals surface area contributed by atoms with E-state index in [1.165, 1.54) is 6.33 Å². The van der Waals surface area contributed by atoms with E-state index in [9.17, 15) is 0 Å².